The lowest BCUT2D eigenvalue weighted by Crippen LogP contribution is -2.33. The van der Waals surface area contributed by atoms with Gasteiger partial charge < -0.3 is 0 Å². The first kappa shape index (κ1) is 21.4. The van der Waals surface area contributed by atoms with Gasteiger partial charge in [-0.1, -0.05) is 86.9 Å². The van der Waals surface area contributed by atoms with Gasteiger partial charge in [0, 0.05) is 0 Å². The molecule has 2 aromatic rings. The van der Waals surface area contributed by atoms with Crippen LogP contribution in [0.2, 0.25) is 0 Å². The third-order valence-corrected chi connectivity index (χ3v) is 6.12. The molecule has 2 unspecified atom stereocenters. The van der Waals surface area contributed by atoms with E-state index in [9.17, 15) is 8.42 Å². The molecule has 0 spiro atoms. The zero-order valence-electron chi connectivity index (χ0n) is 16.6. The van der Waals surface area contributed by atoms with Gasteiger partial charge in [0.2, 0.25) is 10.0 Å². The molecule has 0 saturated carbocycles. The van der Waals surface area contributed by atoms with Crippen LogP contribution in [0.15, 0.2) is 71.6 Å². The van der Waals surface area contributed by atoms with E-state index in [1.165, 1.54) is 0 Å². The lowest BCUT2D eigenvalue weighted by Gasteiger charge is -2.26. The fourth-order valence-electron chi connectivity index (χ4n) is 3.16. The number of rotatable bonds is 10. The molecule has 27 heavy (non-hydrogen) atoms. The zero-order chi connectivity index (χ0) is 19.7. The molecule has 0 aliphatic carbocycles. The Morgan fingerprint density at radius 3 is 2.22 bits per heavy atom. The van der Waals surface area contributed by atoms with E-state index in [0.29, 0.717) is 4.90 Å². The van der Waals surface area contributed by atoms with Gasteiger partial charge in [-0.15, -0.1) is 0 Å². The highest BCUT2D eigenvalue weighted by Crippen LogP contribution is 2.29. The van der Waals surface area contributed by atoms with Crippen LogP contribution >= 0.6 is 0 Å². The van der Waals surface area contributed by atoms with Gasteiger partial charge in [0.05, 0.1) is 10.9 Å². The Morgan fingerprint density at radius 1 is 0.963 bits per heavy atom. The summed E-state index contributed by atoms with van der Waals surface area (Å²) in [6, 6.07) is 16.6. The van der Waals surface area contributed by atoms with Crippen LogP contribution in [0, 0.1) is 12.8 Å². The predicted molar refractivity (Wildman–Crippen MR) is 113 cm³/mol. The third kappa shape index (κ3) is 6.33. The van der Waals surface area contributed by atoms with Gasteiger partial charge in [-0.3, -0.25) is 0 Å². The summed E-state index contributed by atoms with van der Waals surface area (Å²) >= 11 is 0. The van der Waals surface area contributed by atoms with E-state index in [4.69, 9.17) is 0 Å². The van der Waals surface area contributed by atoms with Crippen molar-refractivity contribution >= 4 is 10.0 Å². The summed E-state index contributed by atoms with van der Waals surface area (Å²) in [5.41, 5.74) is 2.03. The van der Waals surface area contributed by atoms with Crippen LogP contribution in [-0.2, 0) is 10.0 Å². The first-order chi connectivity index (χ1) is 13.0. The molecule has 0 fully saturated rings. The number of aryl methyl sites for hydroxylation is 1. The second-order valence-corrected chi connectivity index (χ2v) is 8.71. The fourth-order valence-corrected chi connectivity index (χ4v) is 4.44. The molecule has 3 nitrogen and oxygen atoms in total. The third-order valence-electron chi connectivity index (χ3n) is 4.66. The van der Waals surface area contributed by atoms with Gasteiger partial charge in [-0.25, -0.2) is 13.1 Å². The highest BCUT2D eigenvalue weighted by Gasteiger charge is 2.26. The molecule has 0 aliphatic heterocycles. The minimum atomic E-state index is -3.60. The van der Waals surface area contributed by atoms with Crippen LogP contribution in [-0.4, -0.2) is 8.42 Å². The minimum absolute atomic E-state index is 0.115. The monoisotopic (exact) mass is 385 g/mol. The maximum absolute atomic E-state index is 13.0. The van der Waals surface area contributed by atoms with Gasteiger partial charge in [0.15, 0.2) is 0 Å². The first-order valence-electron chi connectivity index (χ1n) is 9.78. The molecule has 1 N–H and O–H groups in total. The van der Waals surface area contributed by atoms with Crippen LogP contribution in [0.1, 0.15) is 56.7 Å². The number of hydrogen-bond donors (Lipinski definition) is 1. The van der Waals surface area contributed by atoms with Crippen molar-refractivity contribution in [2.45, 2.75) is 57.4 Å². The molecular weight excluding hydrogens is 354 g/mol. The van der Waals surface area contributed by atoms with Gasteiger partial charge in [-0.05, 0) is 43.4 Å². The molecular formula is C23H31NO2S. The van der Waals surface area contributed by atoms with E-state index in [2.05, 4.69) is 30.7 Å². The van der Waals surface area contributed by atoms with Crippen LogP contribution < -0.4 is 4.72 Å². The average molecular weight is 386 g/mol. The van der Waals surface area contributed by atoms with Crippen LogP contribution in [0.5, 0.6) is 0 Å². The van der Waals surface area contributed by atoms with Crippen LogP contribution in [0.25, 0.3) is 0 Å². The first-order valence-corrected chi connectivity index (χ1v) is 11.3. The van der Waals surface area contributed by atoms with Crippen molar-refractivity contribution in [1.82, 2.24) is 4.72 Å². The summed E-state index contributed by atoms with van der Waals surface area (Å²) in [4.78, 5) is 0.307. The number of sulfonamides is 1. The van der Waals surface area contributed by atoms with Crippen molar-refractivity contribution in [3.63, 3.8) is 0 Å². The quantitative estimate of drug-likeness (QED) is 0.526. The molecule has 0 heterocycles. The molecule has 2 rings (SSSR count). The highest BCUT2D eigenvalue weighted by molar-refractivity contribution is 7.89. The Balaban J connectivity index is 2.38. The molecule has 2 atom stereocenters. The fraction of sp³-hybridized carbons (Fsp3) is 0.391. The van der Waals surface area contributed by atoms with Crippen molar-refractivity contribution in [2.75, 3.05) is 0 Å². The topological polar surface area (TPSA) is 46.2 Å². The molecule has 0 amide bonds. The van der Waals surface area contributed by atoms with Gasteiger partial charge >= 0.3 is 0 Å². The van der Waals surface area contributed by atoms with Crippen LogP contribution in [0.4, 0.5) is 0 Å². The lowest BCUT2D eigenvalue weighted by molar-refractivity contribution is 0.440. The minimum Gasteiger partial charge on any atom is -0.207 e. The summed E-state index contributed by atoms with van der Waals surface area (Å²) in [5.74, 6) is 0.115. The zero-order valence-corrected chi connectivity index (χ0v) is 17.4. The summed E-state index contributed by atoms with van der Waals surface area (Å²) in [7, 11) is -3.60. The Kier molecular flexibility index (Phi) is 8.26. The standard InChI is InChI=1S/C23H31NO2S/c1-4-6-8-12-20(11-5-2)23(21-13-9-7-10-14-21)24-27(25,26)22-17-15-19(3)16-18-22/h7-10,12-18,20,23-24H,4-6,11H2,1-3H3/b12-8+. The van der Waals surface area contributed by atoms with E-state index in [0.717, 1.165) is 36.8 Å². The molecule has 0 aliphatic rings. The Morgan fingerprint density at radius 2 is 1.63 bits per heavy atom. The van der Waals surface area contributed by atoms with E-state index in [1.54, 1.807) is 12.1 Å². The number of unbranched alkanes of at least 4 members (excludes halogenated alkanes) is 1. The van der Waals surface area contributed by atoms with Crippen molar-refractivity contribution in [3.8, 4) is 0 Å². The lowest BCUT2D eigenvalue weighted by atomic mass is 9.89. The molecule has 0 bridgehead atoms. The molecule has 0 saturated heterocycles. The van der Waals surface area contributed by atoms with E-state index < -0.39 is 10.0 Å². The summed E-state index contributed by atoms with van der Waals surface area (Å²) in [6.07, 6.45) is 8.37. The predicted octanol–water partition coefficient (Wildman–Crippen LogP) is 5.79. The summed E-state index contributed by atoms with van der Waals surface area (Å²) < 4.78 is 29.0. The molecule has 2 aromatic carbocycles. The van der Waals surface area contributed by atoms with Crippen LogP contribution in [0.3, 0.4) is 0 Å². The number of allylic oxidation sites excluding steroid dienone is 1. The van der Waals surface area contributed by atoms with Crippen molar-refractivity contribution in [3.05, 3.63) is 77.9 Å². The molecule has 146 valence electrons. The van der Waals surface area contributed by atoms with E-state index in [-0.39, 0.29) is 12.0 Å². The summed E-state index contributed by atoms with van der Waals surface area (Å²) in [6.45, 7) is 6.23. The second-order valence-electron chi connectivity index (χ2n) is 6.99. The second kappa shape index (κ2) is 10.4. The van der Waals surface area contributed by atoms with Gasteiger partial charge in [-0.2, -0.15) is 0 Å². The SMILES string of the molecule is CCC/C=C/C(CCC)C(NS(=O)(=O)c1ccc(C)cc1)c1ccccc1. The number of hydrogen-bond acceptors (Lipinski definition) is 2. The van der Waals surface area contributed by atoms with Crippen molar-refractivity contribution < 1.29 is 8.42 Å². The highest BCUT2D eigenvalue weighted by atomic mass is 32.2. The summed E-state index contributed by atoms with van der Waals surface area (Å²) in [5, 5.41) is 0. The smallest absolute Gasteiger partial charge is 0.207 e. The molecule has 0 aromatic heterocycles. The largest absolute Gasteiger partial charge is 0.241 e. The average Bonchev–Trinajstić information content (AvgIpc) is 2.67. The van der Waals surface area contributed by atoms with E-state index in [1.807, 2.05) is 49.4 Å². The Bertz CT molecular complexity index is 811. The van der Waals surface area contributed by atoms with E-state index >= 15 is 0 Å². The number of benzene rings is 2. The van der Waals surface area contributed by atoms with Crippen molar-refractivity contribution in [2.24, 2.45) is 5.92 Å². The van der Waals surface area contributed by atoms with Gasteiger partial charge in [0.25, 0.3) is 0 Å². The number of nitrogens with one attached hydrogen (secondary N) is 1. The molecule has 0 radical (unpaired) electrons. The Labute approximate surface area is 164 Å². The normalized spacial score (nSPS) is 14.3. The molecule has 4 heteroatoms. The maximum atomic E-state index is 13.0. The Hall–Kier alpha value is -1.91. The van der Waals surface area contributed by atoms with Gasteiger partial charge in [0.1, 0.15) is 0 Å². The van der Waals surface area contributed by atoms with Crippen molar-refractivity contribution in [1.29, 1.82) is 0 Å². The maximum Gasteiger partial charge on any atom is 0.241 e.